The van der Waals surface area contributed by atoms with Gasteiger partial charge in [-0.2, -0.15) is 0 Å². The number of fused-ring (bicyclic) bond motifs is 2. The lowest BCUT2D eigenvalue weighted by Gasteiger charge is -2.39. The Hall–Kier alpha value is -1.11. The van der Waals surface area contributed by atoms with Crippen molar-refractivity contribution in [2.45, 2.75) is 76.8 Å². The predicted octanol–water partition coefficient (Wildman–Crippen LogP) is 1.98. The first kappa shape index (κ1) is 19.6. The molecule has 3 aliphatic rings. The van der Waals surface area contributed by atoms with Crippen LogP contribution in [0, 0.1) is 5.41 Å². The highest BCUT2D eigenvalue weighted by atomic mass is 32.2. The van der Waals surface area contributed by atoms with E-state index in [0.717, 1.165) is 57.9 Å². The number of hydrogen-bond acceptors (Lipinski definition) is 4. The number of likely N-dealkylation sites (tertiary alicyclic amines) is 1. The van der Waals surface area contributed by atoms with Crippen LogP contribution in [0.2, 0.25) is 0 Å². The Morgan fingerprint density at radius 3 is 2.31 bits per heavy atom. The number of carbonyl (C=O) groups excluding carboxylic acids is 2. The normalized spacial score (nSPS) is 31.9. The van der Waals surface area contributed by atoms with Gasteiger partial charge in [0.1, 0.15) is 9.84 Å². The summed E-state index contributed by atoms with van der Waals surface area (Å²) in [5.74, 6) is 0.0259. The van der Waals surface area contributed by atoms with E-state index in [1.54, 1.807) is 0 Å². The van der Waals surface area contributed by atoms with Gasteiger partial charge in [0.25, 0.3) is 0 Å². The second kappa shape index (κ2) is 7.49. The van der Waals surface area contributed by atoms with Crippen LogP contribution < -0.4 is 0 Å². The van der Waals surface area contributed by atoms with Crippen LogP contribution in [0.25, 0.3) is 0 Å². The molecule has 0 aromatic rings. The first-order chi connectivity index (χ1) is 12.3. The van der Waals surface area contributed by atoms with Gasteiger partial charge < -0.3 is 9.80 Å². The summed E-state index contributed by atoms with van der Waals surface area (Å²) in [6, 6.07) is 0.0447. The van der Waals surface area contributed by atoms with E-state index >= 15 is 0 Å². The van der Waals surface area contributed by atoms with Gasteiger partial charge in [-0.25, -0.2) is 8.42 Å². The minimum atomic E-state index is -3.16. The van der Waals surface area contributed by atoms with Crippen LogP contribution in [-0.2, 0) is 19.4 Å². The molecule has 2 bridgehead atoms. The Bertz CT molecular complexity index is 654. The molecular formula is C19H32N2O4S. The van der Waals surface area contributed by atoms with Crippen molar-refractivity contribution in [1.29, 1.82) is 0 Å². The van der Waals surface area contributed by atoms with E-state index in [9.17, 15) is 18.0 Å². The number of amides is 2. The summed E-state index contributed by atoms with van der Waals surface area (Å²) in [5, 5.41) is 0. The van der Waals surface area contributed by atoms with Crippen LogP contribution in [0.4, 0.5) is 0 Å². The van der Waals surface area contributed by atoms with Gasteiger partial charge in [-0.05, 0) is 38.5 Å². The summed E-state index contributed by atoms with van der Waals surface area (Å²) in [6.07, 6.45) is 8.99. The Balaban J connectivity index is 1.77. The van der Waals surface area contributed by atoms with E-state index in [4.69, 9.17) is 0 Å². The molecule has 3 heterocycles. The van der Waals surface area contributed by atoms with Crippen molar-refractivity contribution in [2.75, 3.05) is 25.1 Å². The zero-order chi connectivity index (χ0) is 18.9. The minimum absolute atomic E-state index is 0.0313. The summed E-state index contributed by atoms with van der Waals surface area (Å²) in [4.78, 5) is 30.1. The second-order valence-corrected chi connectivity index (χ2v) is 10.6. The molecule has 7 heteroatoms. The minimum Gasteiger partial charge on any atom is -0.342 e. The lowest BCUT2D eigenvalue weighted by atomic mass is 9.70. The average molecular weight is 385 g/mol. The van der Waals surface area contributed by atoms with Crippen LogP contribution in [0.15, 0.2) is 0 Å². The van der Waals surface area contributed by atoms with Crippen LogP contribution >= 0.6 is 0 Å². The van der Waals surface area contributed by atoms with Crippen molar-refractivity contribution in [3.8, 4) is 0 Å². The zero-order valence-corrected chi connectivity index (χ0v) is 16.9. The Labute approximate surface area is 157 Å². The molecular weight excluding hydrogens is 352 g/mol. The van der Waals surface area contributed by atoms with E-state index in [1.165, 1.54) is 12.8 Å². The number of hydrogen-bond donors (Lipinski definition) is 0. The Kier molecular flexibility index (Phi) is 5.66. The van der Waals surface area contributed by atoms with E-state index in [-0.39, 0.29) is 36.1 Å². The van der Waals surface area contributed by atoms with Gasteiger partial charge >= 0.3 is 0 Å². The van der Waals surface area contributed by atoms with Crippen LogP contribution in [0.5, 0.6) is 0 Å². The van der Waals surface area contributed by atoms with E-state index in [2.05, 4.69) is 6.92 Å². The molecule has 0 saturated carbocycles. The lowest BCUT2D eigenvalue weighted by Crippen LogP contribution is -2.51. The van der Waals surface area contributed by atoms with Crippen molar-refractivity contribution in [3.05, 3.63) is 0 Å². The Morgan fingerprint density at radius 1 is 1.08 bits per heavy atom. The van der Waals surface area contributed by atoms with Crippen molar-refractivity contribution < 1.29 is 18.0 Å². The summed E-state index contributed by atoms with van der Waals surface area (Å²) in [5.41, 5.74) is -0.464. The first-order valence-corrected chi connectivity index (χ1v) is 12.1. The number of carbonyl (C=O) groups is 2. The number of rotatable bonds is 5. The average Bonchev–Trinajstić information content (AvgIpc) is 3.02. The molecule has 0 radical (unpaired) electrons. The standard InChI is InChI=1S/C19H32N2O4S/c1-3-19(18(23)20-11-6-4-5-7-12-20)14-15-8-9-16(19)21(15)17(22)10-13-26(2,24)25/h15-16H,3-14H2,1-2H3/t15-,16+,19+/m0/s1. The fraction of sp³-hybridized carbons (Fsp3) is 0.895. The first-order valence-electron chi connectivity index (χ1n) is 10.1. The third kappa shape index (κ3) is 3.64. The summed E-state index contributed by atoms with van der Waals surface area (Å²) < 4.78 is 22.9. The fourth-order valence-corrected chi connectivity index (χ4v) is 5.86. The smallest absolute Gasteiger partial charge is 0.230 e. The highest BCUT2D eigenvalue weighted by molar-refractivity contribution is 7.90. The van der Waals surface area contributed by atoms with Crippen LogP contribution in [-0.4, -0.2) is 67.2 Å². The molecule has 148 valence electrons. The highest BCUT2D eigenvalue weighted by Crippen LogP contribution is 2.53. The third-order valence-corrected chi connectivity index (χ3v) is 7.61. The molecule has 3 aliphatic heterocycles. The lowest BCUT2D eigenvalue weighted by molar-refractivity contribution is -0.145. The molecule has 0 spiro atoms. The predicted molar refractivity (Wildman–Crippen MR) is 100 cm³/mol. The molecule has 2 amide bonds. The quantitative estimate of drug-likeness (QED) is 0.726. The molecule has 0 aliphatic carbocycles. The van der Waals surface area contributed by atoms with Gasteiger partial charge in [-0.1, -0.05) is 19.8 Å². The largest absolute Gasteiger partial charge is 0.342 e. The molecule has 3 atom stereocenters. The van der Waals surface area contributed by atoms with Crippen molar-refractivity contribution in [1.82, 2.24) is 9.80 Å². The number of nitrogens with zero attached hydrogens (tertiary/aromatic N) is 2. The van der Waals surface area contributed by atoms with Crippen LogP contribution in [0.3, 0.4) is 0 Å². The SMILES string of the molecule is CC[C@@]1(C(=O)N2CCCCCC2)C[C@@H]2CC[C@H]1N2C(=O)CCS(C)(=O)=O. The van der Waals surface area contributed by atoms with Gasteiger partial charge in [-0.15, -0.1) is 0 Å². The Morgan fingerprint density at radius 2 is 1.73 bits per heavy atom. The van der Waals surface area contributed by atoms with E-state index < -0.39 is 15.3 Å². The third-order valence-electron chi connectivity index (χ3n) is 6.67. The molecule has 26 heavy (non-hydrogen) atoms. The van der Waals surface area contributed by atoms with E-state index in [1.807, 2.05) is 9.80 Å². The monoisotopic (exact) mass is 384 g/mol. The fourth-order valence-electron chi connectivity index (χ4n) is 5.31. The molecule has 0 aromatic carbocycles. The second-order valence-electron chi connectivity index (χ2n) is 8.35. The van der Waals surface area contributed by atoms with Crippen molar-refractivity contribution in [3.63, 3.8) is 0 Å². The van der Waals surface area contributed by atoms with Gasteiger partial charge in [0, 0.05) is 37.8 Å². The molecule has 3 fully saturated rings. The van der Waals surface area contributed by atoms with Crippen molar-refractivity contribution >= 4 is 21.7 Å². The number of sulfone groups is 1. The zero-order valence-electron chi connectivity index (χ0n) is 16.1. The molecule has 3 rings (SSSR count). The summed E-state index contributed by atoms with van der Waals surface area (Å²) >= 11 is 0. The maximum atomic E-state index is 13.5. The molecule has 0 aromatic heterocycles. The summed E-state index contributed by atoms with van der Waals surface area (Å²) in [7, 11) is -3.16. The maximum absolute atomic E-state index is 13.5. The topological polar surface area (TPSA) is 74.8 Å². The van der Waals surface area contributed by atoms with Gasteiger partial charge in [0.05, 0.1) is 11.2 Å². The maximum Gasteiger partial charge on any atom is 0.230 e. The van der Waals surface area contributed by atoms with Crippen LogP contribution in [0.1, 0.15) is 64.7 Å². The van der Waals surface area contributed by atoms with Gasteiger partial charge in [0.15, 0.2) is 0 Å². The molecule has 0 N–H and O–H groups in total. The van der Waals surface area contributed by atoms with Gasteiger partial charge in [0.2, 0.25) is 11.8 Å². The molecule has 3 saturated heterocycles. The molecule has 0 unspecified atom stereocenters. The highest BCUT2D eigenvalue weighted by Gasteiger charge is 2.60. The molecule has 6 nitrogen and oxygen atoms in total. The van der Waals surface area contributed by atoms with E-state index in [0.29, 0.717) is 0 Å². The van der Waals surface area contributed by atoms with Crippen molar-refractivity contribution in [2.24, 2.45) is 5.41 Å². The summed E-state index contributed by atoms with van der Waals surface area (Å²) in [6.45, 7) is 3.73. The van der Waals surface area contributed by atoms with Gasteiger partial charge in [-0.3, -0.25) is 9.59 Å².